The number of carbonyl (C=O) groups excluding carboxylic acids is 1. The molecule has 0 saturated carbocycles. The summed E-state index contributed by atoms with van der Waals surface area (Å²) < 4.78 is 7.04. The second-order valence-electron chi connectivity index (χ2n) is 6.40. The van der Waals surface area contributed by atoms with E-state index in [1.54, 1.807) is 31.9 Å². The molecule has 0 aliphatic carbocycles. The lowest BCUT2D eigenvalue weighted by molar-refractivity contribution is -0.121. The van der Waals surface area contributed by atoms with Gasteiger partial charge in [-0.1, -0.05) is 31.7 Å². The minimum Gasteiger partial charge on any atom is -0.497 e. The summed E-state index contributed by atoms with van der Waals surface area (Å²) in [7, 11) is 1.61. The summed E-state index contributed by atoms with van der Waals surface area (Å²) in [4.78, 5) is 12.5. The van der Waals surface area contributed by atoms with Gasteiger partial charge in [0.15, 0.2) is 5.16 Å². The number of ether oxygens (including phenoxy) is 1. The maximum absolute atomic E-state index is 12.5. The molecule has 0 radical (unpaired) electrons. The van der Waals surface area contributed by atoms with Gasteiger partial charge < -0.3 is 10.1 Å². The van der Waals surface area contributed by atoms with Crippen molar-refractivity contribution < 1.29 is 9.53 Å². The normalized spacial score (nSPS) is 14.3. The quantitative estimate of drug-likeness (QED) is 0.750. The maximum atomic E-state index is 12.5. The molecule has 0 aliphatic rings. The molecule has 2 unspecified atom stereocenters. The Kier molecular flexibility index (Phi) is 6.27. The number of nitriles is 1. The zero-order valence-electron chi connectivity index (χ0n) is 15.6. The van der Waals surface area contributed by atoms with Gasteiger partial charge in [0, 0.05) is 6.07 Å². The molecule has 1 aromatic carbocycles. The second kappa shape index (κ2) is 8.23. The van der Waals surface area contributed by atoms with Gasteiger partial charge in [-0.05, 0) is 31.9 Å². The standard InChI is InChI=1S/C18H23N5O2S/c1-12(2)18(4,10-19)21-16(24)13(3)26-17-22-20-11-23(17)14-7-6-8-15(9-14)25-5/h6-9,11-13H,1-5H3,(H,21,24). The van der Waals surface area contributed by atoms with Crippen molar-refractivity contribution in [2.75, 3.05) is 7.11 Å². The number of rotatable bonds is 7. The van der Waals surface area contributed by atoms with E-state index in [0.29, 0.717) is 5.16 Å². The smallest absolute Gasteiger partial charge is 0.234 e. The summed E-state index contributed by atoms with van der Waals surface area (Å²) in [5, 5.41) is 20.4. The van der Waals surface area contributed by atoms with Crippen molar-refractivity contribution in [1.82, 2.24) is 20.1 Å². The van der Waals surface area contributed by atoms with Crippen molar-refractivity contribution in [1.29, 1.82) is 5.26 Å². The summed E-state index contributed by atoms with van der Waals surface area (Å²) in [6.07, 6.45) is 1.59. The number of amides is 1. The fraction of sp³-hybridized carbons (Fsp3) is 0.444. The first-order valence-electron chi connectivity index (χ1n) is 8.25. The molecule has 0 bridgehead atoms. The molecule has 2 atom stereocenters. The first-order valence-corrected chi connectivity index (χ1v) is 9.13. The van der Waals surface area contributed by atoms with Crippen molar-refractivity contribution in [3.63, 3.8) is 0 Å². The van der Waals surface area contributed by atoms with Gasteiger partial charge in [0.1, 0.15) is 17.6 Å². The van der Waals surface area contributed by atoms with Crippen molar-refractivity contribution in [3.8, 4) is 17.5 Å². The Balaban J connectivity index is 2.16. The highest BCUT2D eigenvalue weighted by molar-refractivity contribution is 8.00. The number of nitrogens with one attached hydrogen (secondary N) is 1. The van der Waals surface area contributed by atoms with Crippen LogP contribution in [0.1, 0.15) is 27.7 Å². The van der Waals surface area contributed by atoms with Gasteiger partial charge in [0.2, 0.25) is 5.91 Å². The van der Waals surface area contributed by atoms with Gasteiger partial charge >= 0.3 is 0 Å². The van der Waals surface area contributed by atoms with E-state index in [1.807, 2.05) is 38.1 Å². The first kappa shape index (κ1) is 19.8. The molecule has 0 aliphatic heterocycles. The Bertz CT molecular complexity index is 814. The number of carbonyl (C=O) groups is 1. The van der Waals surface area contributed by atoms with Crippen LogP contribution in [0.25, 0.3) is 5.69 Å². The largest absolute Gasteiger partial charge is 0.497 e. The number of benzene rings is 1. The third-order valence-corrected chi connectivity index (χ3v) is 5.33. The van der Waals surface area contributed by atoms with Crippen molar-refractivity contribution in [2.24, 2.45) is 5.92 Å². The van der Waals surface area contributed by atoms with Crippen LogP contribution in [0.2, 0.25) is 0 Å². The number of thioether (sulfide) groups is 1. The number of hydrogen-bond acceptors (Lipinski definition) is 6. The number of hydrogen-bond donors (Lipinski definition) is 1. The number of methoxy groups -OCH3 is 1. The lowest BCUT2D eigenvalue weighted by Crippen LogP contribution is -2.51. The molecule has 0 saturated heterocycles. The van der Waals surface area contributed by atoms with Crippen LogP contribution in [0.5, 0.6) is 5.75 Å². The molecule has 1 heterocycles. The fourth-order valence-electron chi connectivity index (χ4n) is 2.11. The van der Waals surface area contributed by atoms with Gasteiger partial charge in [-0.15, -0.1) is 10.2 Å². The van der Waals surface area contributed by atoms with Crippen LogP contribution in [0.3, 0.4) is 0 Å². The van der Waals surface area contributed by atoms with Crippen LogP contribution in [0.15, 0.2) is 35.7 Å². The zero-order valence-corrected chi connectivity index (χ0v) is 16.4. The van der Waals surface area contributed by atoms with E-state index in [9.17, 15) is 10.1 Å². The van der Waals surface area contributed by atoms with Gasteiger partial charge in [0.05, 0.1) is 24.1 Å². The Morgan fingerprint density at radius 1 is 1.42 bits per heavy atom. The lowest BCUT2D eigenvalue weighted by atomic mass is 9.90. The Labute approximate surface area is 157 Å². The van der Waals surface area contributed by atoms with E-state index in [0.717, 1.165) is 11.4 Å². The molecule has 1 N–H and O–H groups in total. The topological polar surface area (TPSA) is 92.8 Å². The molecular formula is C18H23N5O2S. The van der Waals surface area contributed by atoms with Crippen LogP contribution in [-0.2, 0) is 4.79 Å². The molecule has 2 aromatic rings. The van der Waals surface area contributed by atoms with Crippen LogP contribution >= 0.6 is 11.8 Å². The Hall–Kier alpha value is -2.53. The molecule has 138 valence electrons. The summed E-state index contributed by atoms with van der Waals surface area (Å²) in [6.45, 7) is 7.32. The van der Waals surface area contributed by atoms with E-state index in [-0.39, 0.29) is 11.8 Å². The predicted molar refractivity (Wildman–Crippen MR) is 100 cm³/mol. The van der Waals surface area contributed by atoms with Crippen LogP contribution in [0, 0.1) is 17.2 Å². The predicted octanol–water partition coefficient (Wildman–Crippen LogP) is 2.81. The summed E-state index contributed by atoms with van der Waals surface area (Å²) in [5.41, 5.74) is -0.0691. The molecule has 26 heavy (non-hydrogen) atoms. The number of nitrogens with zero attached hydrogens (tertiary/aromatic N) is 4. The molecule has 8 heteroatoms. The van der Waals surface area contributed by atoms with Crippen molar-refractivity contribution in [3.05, 3.63) is 30.6 Å². The van der Waals surface area contributed by atoms with Crippen molar-refractivity contribution >= 4 is 17.7 Å². The molecule has 7 nitrogen and oxygen atoms in total. The van der Waals surface area contributed by atoms with Crippen LogP contribution < -0.4 is 10.1 Å². The molecule has 1 amide bonds. The monoisotopic (exact) mass is 373 g/mol. The minimum absolute atomic E-state index is 0.00548. The summed E-state index contributed by atoms with van der Waals surface area (Å²) in [6, 6.07) is 9.69. The lowest BCUT2D eigenvalue weighted by Gasteiger charge is -2.28. The number of aromatic nitrogens is 3. The SMILES string of the molecule is COc1cccc(-n2cnnc2SC(C)C(=O)NC(C)(C#N)C(C)C)c1. The van der Waals surface area contributed by atoms with Crippen LogP contribution in [0.4, 0.5) is 0 Å². The fourth-order valence-corrected chi connectivity index (χ4v) is 2.96. The van der Waals surface area contributed by atoms with Gasteiger partial charge in [-0.3, -0.25) is 9.36 Å². The summed E-state index contributed by atoms with van der Waals surface area (Å²) >= 11 is 1.28. The molecule has 0 spiro atoms. The third kappa shape index (κ3) is 4.35. The molecule has 2 rings (SSSR count). The first-order chi connectivity index (χ1) is 12.3. The Morgan fingerprint density at radius 2 is 2.15 bits per heavy atom. The average Bonchev–Trinajstić information content (AvgIpc) is 3.09. The molecule has 1 aromatic heterocycles. The third-order valence-electron chi connectivity index (χ3n) is 4.27. The van der Waals surface area contributed by atoms with Crippen molar-refractivity contribution in [2.45, 2.75) is 43.6 Å². The molecule has 0 fully saturated rings. The van der Waals surface area contributed by atoms with E-state index < -0.39 is 10.8 Å². The Morgan fingerprint density at radius 3 is 2.77 bits per heavy atom. The highest BCUT2D eigenvalue weighted by Crippen LogP contribution is 2.26. The summed E-state index contributed by atoms with van der Waals surface area (Å²) in [5.74, 6) is 0.502. The van der Waals surface area contributed by atoms with E-state index >= 15 is 0 Å². The highest BCUT2D eigenvalue weighted by Gasteiger charge is 2.32. The van der Waals surface area contributed by atoms with Gasteiger partial charge in [-0.25, -0.2) is 0 Å². The van der Waals surface area contributed by atoms with E-state index in [4.69, 9.17) is 4.74 Å². The van der Waals surface area contributed by atoms with Gasteiger partial charge in [-0.2, -0.15) is 5.26 Å². The van der Waals surface area contributed by atoms with Crippen LogP contribution in [-0.4, -0.2) is 38.6 Å². The molecular weight excluding hydrogens is 350 g/mol. The van der Waals surface area contributed by atoms with E-state index in [1.165, 1.54) is 11.8 Å². The van der Waals surface area contributed by atoms with E-state index in [2.05, 4.69) is 21.6 Å². The maximum Gasteiger partial charge on any atom is 0.234 e. The van der Waals surface area contributed by atoms with Gasteiger partial charge in [0.25, 0.3) is 0 Å². The average molecular weight is 373 g/mol. The highest BCUT2D eigenvalue weighted by atomic mass is 32.2. The second-order valence-corrected chi connectivity index (χ2v) is 7.71. The zero-order chi connectivity index (χ0) is 19.3. The minimum atomic E-state index is -0.910.